The fourth-order valence-corrected chi connectivity index (χ4v) is 3.05. The maximum Gasteiger partial charge on any atom is 0.391 e. The minimum Gasteiger partial charge on any atom is -0.273 e. The highest BCUT2D eigenvalue weighted by molar-refractivity contribution is 5.12. The number of aryl methyl sites for hydroxylation is 1. The molecular formula is C13H21F3N4. The summed E-state index contributed by atoms with van der Waals surface area (Å²) in [4.78, 5) is 0. The molecule has 0 saturated heterocycles. The second-order valence-corrected chi connectivity index (χ2v) is 5.44. The number of aromatic nitrogens is 2. The fraction of sp³-hybridized carbons (Fsp3) is 0.769. The lowest BCUT2D eigenvalue weighted by atomic mass is 9.76. The van der Waals surface area contributed by atoms with E-state index in [0.717, 1.165) is 18.5 Å². The van der Waals surface area contributed by atoms with Crippen molar-refractivity contribution in [2.45, 2.75) is 51.4 Å². The molecular weight excluding hydrogens is 269 g/mol. The van der Waals surface area contributed by atoms with Crippen molar-refractivity contribution >= 4 is 0 Å². The molecule has 20 heavy (non-hydrogen) atoms. The van der Waals surface area contributed by atoms with Gasteiger partial charge in [-0.15, -0.1) is 0 Å². The van der Waals surface area contributed by atoms with E-state index >= 15 is 0 Å². The molecule has 1 saturated carbocycles. The number of hydrogen-bond donors (Lipinski definition) is 2. The lowest BCUT2D eigenvalue weighted by Crippen LogP contribution is -2.38. The standard InChI is InChI=1S/C13H21F3N4/c1-2-20-8-10(7-18-20)12(19-17)9-4-3-5-11(6-9)13(14,15)16/h7-9,11-12,19H,2-6,17H2,1H3. The van der Waals surface area contributed by atoms with Crippen LogP contribution in [0.2, 0.25) is 0 Å². The van der Waals surface area contributed by atoms with Gasteiger partial charge in [0.15, 0.2) is 0 Å². The first-order valence-electron chi connectivity index (χ1n) is 7.01. The highest BCUT2D eigenvalue weighted by Crippen LogP contribution is 2.43. The van der Waals surface area contributed by atoms with Crippen LogP contribution in [0.1, 0.15) is 44.2 Å². The van der Waals surface area contributed by atoms with Gasteiger partial charge in [0.2, 0.25) is 0 Å². The molecule has 0 spiro atoms. The molecule has 0 amide bonds. The molecule has 1 aromatic heterocycles. The highest BCUT2D eigenvalue weighted by Gasteiger charge is 2.43. The van der Waals surface area contributed by atoms with Gasteiger partial charge in [-0.1, -0.05) is 6.42 Å². The van der Waals surface area contributed by atoms with Crippen LogP contribution in [0.15, 0.2) is 12.4 Å². The van der Waals surface area contributed by atoms with Crippen LogP contribution in [0.3, 0.4) is 0 Å². The molecule has 3 atom stereocenters. The monoisotopic (exact) mass is 290 g/mol. The number of hydrazine groups is 1. The Morgan fingerprint density at radius 3 is 2.80 bits per heavy atom. The fourth-order valence-electron chi connectivity index (χ4n) is 3.05. The molecule has 1 heterocycles. The van der Waals surface area contributed by atoms with Gasteiger partial charge in [0.1, 0.15) is 0 Å². The molecule has 3 N–H and O–H groups in total. The maximum atomic E-state index is 12.9. The third kappa shape index (κ3) is 3.32. The van der Waals surface area contributed by atoms with Crippen LogP contribution in [0.5, 0.6) is 0 Å². The first-order chi connectivity index (χ1) is 9.45. The van der Waals surface area contributed by atoms with Gasteiger partial charge in [0.25, 0.3) is 0 Å². The Morgan fingerprint density at radius 2 is 2.25 bits per heavy atom. The van der Waals surface area contributed by atoms with Gasteiger partial charge in [-0.05, 0) is 32.1 Å². The van der Waals surface area contributed by atoms with E-state index < -0.39 is 12.1 Å². The number of nitrogens with zero attached hydrogens (tertiary/aromatic N) is 2. The average Bonchev–Trinajstić information content (AvgIpc) is 2.88. The number of nitrogens with two attached hydrogens (primary N) is 1. The summed E-state index contributed by atoms with van der Waals surface area (Å²) in [6.45, 7) is 2.69. The minimum atomic E-state index is -4.11. The maximum absolute atomic E-state index is 12.9. The van der Waals surface area contributed by atoms with Crippen molar-refractivity contribution in [2.75, 3.05) is 0 Å². The summed E-state index contributed by atoms with van der Waals surface area (Å²) in [7, 11) is 0. The molecule has 0 aliphatic heterocycles. The van der Waals surface area contributed by atoms with E-state index in [2.05, 4.69) is 10.5 Å². The van der Waals surface area contributed by atoms with Crippen molar-refractivity contribution < 1.29 is 13.2 Å². The summed E-state index contributed by atoms with van der Waals surface area (Å²) >= 11 is 0. The molecule has 1 aromatic rings. The quantitative estimate of drug-likeness (QED) is 0.662. The van der Waals surface area contributed by atoms with Crippen LogP contribution in [0.4, 0.5) is 13.2 Å². The van der Waals surface area contributed by atoms with Crippen molar-refractivity contribution in [1.82, 2.24) is 15.2 Å². The third-order valence-electron chi connectivity index (χ3n) is 4.16. The number of nitrogens with one attached hydrogen (secondary N) is 1. The molecule has 0 radical (unpaired) electrons. The Hall–Kier alpha value is -1.08. The number of hydrogen-bond acceptors (Lipinski definition) is 3. The van der Waals surface area contributed by atoms with Crippen LogP contribution in [-0.2, 0) is 6.54 Å². The Bertz CT molecular complexity index is 429. The van der Waals surface area contributed by atoms with E-state index in [1.165, 1.54) is 0 Å². The molecule has 3 unspecified atom stereocenters. The van der Waals surface area contributed by atoms with Gasteiger partial charge in [-0.3, -0.25) is 16.0 Å². The summed E-state index contributed by atoms with van der Waals surface area (Å²) in [5, 5.41) is 4.17. The molecule has 2 rings (SSSR count). The van der Waals surface area contributed by atoms with Gasteiger partial charge in [-0.2, -0.15) is 18.3 Å². The molecule has 0 aromatic carbocycles. The Morgan fingerprint density at radius 1 is 1.50 bits per heavy atom. The van der Waals surface area contributed by atoms with E-state index in [-0.39, 0.29) is 24.8 Å². The van der Waals surface area contributed by atoms with Crippen molar-refractivity contribution in [3.05, 3.63) is 18.0 Å². The van der Waals surface area contributed by atoms with Gasteiger partial charge in [0, 0.05) is 18.3 Å². The molecule has 7 heteroatoms. The van der Waals surface area contributed by atoms with E-state index in [9.17, 15) is 13.2 Å². The summed E-state index contributed by atoms with van der Waals surface area (Å²) in [5.74, 6) is 4.26. The average molecular weight is 290 g/mol. The molecule has 114 valence electrons. The topological polar surface area (TPSA) is 55.9 Å². The summed E-state index contributed by atoms with van der Waals surface area (Å²) in [5.41, 5.74) is 3.54. The van der Waals surface area contributed by atoms with Crippen molar-refractivity contribution in [3.8, 4) is 0 Å². The second kappa shape index (κ2) is 6.13. The molecule has 1 aliphatic rings. The largest absolute Gasteiger partial charge is 0.391 e. The molecule has 1 aliphatic carbocycles. The zero-order valence-corrected chi connectivity index (χ0v) is 11.5. The molecule has 4 nitrogen and oxygen atoms in total. The zero-order chi connectivity index (χ0) is 14.8. The van der Waals surface area contributed by atoms with Crippen LogP contribution in [0, 0.1) is 11.8 Å². The van der Waals surface area contributed by atoms with Crippen LogP contribution in [0.25, 0.3) is 0 Å². The van der Waals surface area contributed by atoms with E-state index in [1.807, 2.05) is 13.1 Å². The first kappa shape index (κ1) is 15.3. The van der Waals surface area contributed by atoms with Crippen LogP contribution in [-0.4, -0.2) is 16.0 Å². The minimum absolute atomic E-state index is 0.102. The molecule has 0 bridgehead atoms. The Labute approximate surface area is 116 Å². The predicted molar refractivity (Wildman–Crippen MR) is 69.5 cm³/mol. The zero-order valence-electron chi connectivity index (χ0n) is 11.5. The SMILES string of the molecule is CCn1cc(C(NN)C2CCCC(C(F)(F)F)C2)cn1. The number of alkyl halides is 3. The van der Waals surface area contributed by atoms with Gasteiger partial charge in [-0.25, -0.2) is 0 Å². The Balaban J connectivity index is 2.11. The van der Waals surface area contributed by atoms with E-state index in [0.29, 0.717) is 6.42 Å². The highest BCUT2D eigenvalue weighted by atomic mass is 19.4. The molecule has 1 fully saturated rings. The van der Waals surface area contributed by atoms with Gasteiger partial charge in [0.05, 0.1) is 18.2 Å². The van der Waals surface area contributed by atoms with Gasteiger partial charge >= 0.3 is 6.18 Å². The van der Waals surface area contributed by atoms with E-state index in [4.69, 9.17) is 5.84 Å². The lowest BCUT2D eigenvalue weighted by molar-refractivity contribution is -0.186. The Kier molecular flexibility index (Phi) is 4.70. The van der Waals surface area contributed by atoms with Gasteiger partial charge < -0.3 is 0 Å². The number of halogens is 3. The third-order valence-corrected chi connectivity index (χ3v) is 4.16. The van der Waals surface area contributed by atoms with Crippen molar-refractivity contribution in [2.24, 2.45) is 17.7 Å². The summed E-state index contributed by atoms with van der Waals surface area (Å²) in [6, 6.07) is -0.263. The lowest BCUT2D eigenvalue weighted by Gasteiger charge is -2.34. The second-order valence-electron chi connectivity index (χ2n) is 5.44. The van der Waals surface area contributed by atoms with Crippen LogP contribution >= 0.6 is 0 Å². The summed E-state index contributed by atoms with van der Waals surface area (Å²) < 4.78 is 40.4. The number of rotatable bonds is 4. The van der Waals surface area contributed by atoms with Crippen molar-refractivity contribution in [3.63, 3.8) is 0 Å². The van der Waals surface area contributed by atoms with E-state index in [1.54, 1.807) is 10.9 Å². The summed E-state index contributed by atoms with van der Waals surface area (Å²) in [6.07, 6.45) is 1.15. The normalized spacial score (nSPS) is 25.6. The first-order valence-corrected chi connectivity index (χ1v) is 7.01. The van der Waals surface area contributed by atoms with Crippen molar-refractivity contribution in [1.29, 1.82) is 0 Å². The van der Waals surface area contributed by atoms with Crippen LogP contribution < -0.4 is 11.3 Å². The smallest absolute Gasteiger partial charge is 0.273 e. The predicted octanol–water partition coefficient (Wildman–Crippen LogP) is 2.78.